The van der Waals surface area contributed by atoms with Crippen molar-refractivity contribution in [1.82, 2.24) is 5.32 Å². The van der Waals surface area contributed by atoms with Crippen LogP contribution in [0.1, 0.15) is 42.4 Å². The molecule has 0 saturated heterocycles. The van der Waals surface area contributed by atoms with E-state index in [2.05, 4.69) is 37.4 Å². The maximum atomic E-state index is 11.9. The Bertz CT molecular complexity index is 462. The van der Waals surface area contributed by atoms with Crippen molar-refractivity contribution < 1.29 is 9.90 Å². The summed E-state index contributed by atoms with van der Waals surface area (Å²) in [5.41, 5.74) is 2.66. The Morgan fingerprint density at radius 1 is 1.32 bits per heavy atom. The summed E-state index contributed by atoms with van der Waals surface area (Å²) in [5, 5.41) is 13.0. The lowest BCUT2D eigenvalue weighted by Gasteiger charge is -2.21. The minimum atomic E-state index is -1.11. The highest BCUT2D eigenvalue weighted by Crippen LogP contribution is 2.29. The van der Waals surface area contributed by atoms with Gasteiger partial charge in [0, 0.05) is 6.54 Å². The fourth-order valence-corrected chi connectivity index (χ4v) is 2.79. The normalized spacial score (nSPS) is 17.4. The van der Waals surface area contributed by atoms with Crippen molar-refractivity contribution in [2.45, 2.75) is 51.6 Å². The number of aliphatic hydroxyl groups is 1. The van der Waals surface area contributed by atoms with Crippen LogP contribution in [0.5, 0.6) is 0 Å². The van der Waals surface area contributed by atoms with Gasteiger partial charge in [0.05, 0.1) is 0 Å². The zero-order valence-electron chi connectivity index (χ0n) is 11.8. The molecule has 0 atom stereocenters. The molecule has 3 nitrogen and oxygen atoms in total. The Morgan fingerprint density at radius 2 is 2.00 bits per heavy atom. The van der Waals surface area contributed by atoms with Crippen LogP contribution in [0.3, 0.4) is 0 Å². The number of amides is 1. The van der Waals surface area contributed by atoms with Crippen LogP contribution in [0.25, 0.3) is 0 Å². The maximum absolute atomic E-state index is 11.9. The van der Waals surface area contributed by atoms with Gasteiger partial charge in [0.2, 0.25) is 0 Å². The van der Waals surface area contributed by atoms with E-state index in [0.717, 1.165) is 19.3 Å². The Labute approximate surface area is 115 Å². The molecule has 19 heavy (non-hydrogen) atoms. The molecule has 0 bridgehead atoms. The van der Waals surface area contributed by atoms with E-state index in [4.69, 9.17) is 0 Å². The van der Waals surface area contributed by atoms with Gasteiger partial charge < -0.3 is 10.4 Å². The van der Waals surface area contributed by atoms with Gasteiger partial charge in [0.15, 0.2) is 0 Å². The molecule has 1 aromatic carbocycles. The number of carbonyl (C=O) groups is 1. The molecule has 0 aliphatic heterocycles. The second kappa shape index (κ2) is 5.74. The first kappa shape index (κ1) is 14.1. The molecule has 1 aliphatic carbocycles. The summed E-state index contributed by atoms with van der Waals surface area (Å²) in [4.78, 5) is 11.9. The minimum Gasteiger partial charge on any atom is -0.380 e. The van der Waals surface area contributed by atoms with E-state index in [-0.39, 0.29) is 5.91 Å². The average Bonchev–Trinajstić information content (AvgIpc) is 2.80. The van der Waals surface area contributed by atoms with Crippen molar-refractivity contribution >= 4 is 5.91 Å². The maximum Gasteiger partial charge on any atom is 0.251 e. The van der Waals surface area contributed by atoms with Crippen LogP contribution < -0.4 is 5.32 Å². The molecule has 0 heterocycles. The second-order valence-corrected chi connectivity index (χ2v) is 5.67. The molecule has 2 rings (SSSR count). The quantitative estimate of drug-likeness (QED) is 0.873. The first-order chi connectivity index (χ1) is 9.01. The van der Waals surface area contributed by atoms with E-state index in [0.29, 0.717) is 19.4 Å². The van der Waals surface area contributed by atoms with Crippen LogP contribution in [-0.2, 0) is 11.2 Å². The van der Waals surface area contributed by atoms with E-state index in [1.54, 1.807) is 0 Å². The zero-order valence-corrected chi connectivity index (χ0v) is 11.8. The molecule has 104 valence electrons. The molecule has 1 aliphatic rings. The Morgan fingerprint density at radius 3 is 2.63 bits per heavy atom. The fraction of sp³-hybridized carbons (Fsp3) is 0.562. The van der Waals surface area contributed by atoms with E-state index < -0.39 is 5.60 Å². The van der Waals surface area contributed by atoms with Gasteiger partial charge in [-0.2, -0.15) is 0 Å². The average molecular weight is 261 g/mol. The SMILES string of the molecule is Cc1ccc(CCNC(=O)C2(O)CCCC2)c(C)c1. The molecule has 1 amide bonds. The number of carbonyl (C=O) groups excluding carboxylic acids is 1. The Hall–Kier alpha value is -1.35. The lowest BCUT2D eigenvalue weighted by atomic mass is 10.0. The first-order valence-electron chi connectivity index (χ1n) is 7.08. The summed E-state index contributed by atoms with van der Waals surface area (Å²) < 4.78 is 0. The van der Waals surface area contributed by atoms with Crippen molar-refractivity contribution in [3.63, 3.8) is 0 Å². The number of hydrogen-bond acceptors (Lipinski definition) is 2. The number of nitrogens with one attached hydrogen (secondary N) is 1. The van der Waals surface area contributed by atoms with Crippen LogP contribution in [0.4, 0.5) is 0 Å². The van der Waals surface area contributed by atoms with E-state index in [9.17, 15) is 9.90 Å². The number of benzene rings is 1. The molecular formula is C16H23NO2. The predicted molar refractivity (Wildman–Crippen MR) is 76.0 cm³/mol. The van der Waals surface area contributed by atoms with Gasteiger partial charge in [-0.05, 0) is 57.1 Å². The largest absolute Gasteiger partial charge is 0.380 e. The third-order valence-corrected chi connectivity index (χ3v) is 4.03. The van der Waals surface area contributed by atoms with Crippen molar-refractivity contribution in [3.05, 3.63) is 34.9 Å². The first-order valence-corrected chi connectivity index (χ1v) is 7.08. The van der Waals surface area contributed by atoms with Gasteiger partial charge >= 0.3 is 0 Å². The van der Waals surface area contributed by atoms with Gasteiger partial charge in [-0.3, -0.25) is 4.79 Å². The van der Waals surface area contributed by atoms with Gasteiger partial charge in [0.25, 0.3) is 5.91 Å². The van der Waals surface area contributed by atoms with E-state index in [1.165, 1.54) is 16.7 Å². The van der Waals surface area contributed by atoms with Gasteiger partial charge in [-0.1, -0.05) is 23.8 Å². The smallest absolute Gasteiger partial charge is 0.251 e. The Balaban J connectivity index is 1.85. The highest BCUT2D eigenvalue weighted by molar-refractivity contribution is 5.85. The summed E-state index contributed by atoms with van der Waals surface area (Å²) in [6.07, 6.45) is 3.90. The van der Waals surface area contributed by atoms with E-state index >= 15 is 0 Å². The second-order valence-electron chi connectivity index (χ2n) is 5.67. The molecule has 0 radical (unpaired) electrons. The van der Waals surface area contributed by atoms with Gasteiger partial charge in [0.1, 0.15) is 5.60 Å². The fourth-order valence-electron chi connectivity index (χ4n) is 2.79. The standard InChI is InChI=1S/C16H23NO2/c1-12-5-6-14(13(2)11-12)7-10-17-15(18)16(19)8-3-4-9-16/h5-6,11,19H,3-4,7-10H2,1-2H3,(H,17,18). The van der Waals surface area contributed by atoms with Crippen molar-refractivity contribution in [2.24, 2.45) is 0 Å². The number of rotatable bonds is 4. The van der Waals surface area contributed by atoms with Crippen molar-refractivity contribution in [2.75, 3.05) is 6.54 Å². The topological polar surface area (TPSA) is 49.3 Å². The lowest BCUT2D eigenvalue weighted by molar-refractivity contribution is -0.139. The highest BCUT2D eigenvalue weighted by Gasteiger charge is 2.38. The van der Waals surface area contributed by atoms with Crippen LogP contribution >= 0.6 is 0 Å². The molecule has 1 aromatic rings. The molecule has 1 saturated carbocycles. The monoisotopic (exact) mass is 261 g/mol. The van der Waals surface area contributed by atoms with Crippen LogP contribution in [-0.4, -0.2) is 23.2 Å². The molecule has 1 fully saturated rings. The number of aryl methyl sites for hydroxylation is 2. The number of hydrogen-bond donors (Lipinski definition) is 2. The van der Waals surface area contributed by atoms with Crippen molar-refractivity contribution in [1.29, 1.82) is 0 Å². The van der Waals surface area contributed by atoms with Gasteiger partial charge in [-0.15, -0.1) is 0 Å². The summed E-state index contributed by atoms with van der Waals surface area (Å²) in [6, 6.07) is 6.36. The minimum absolute atomic E-state index is 0.199. The predicted octanol–water partition coefficient (Wildman–Crippen LogP) is 2.27. The van der Waals surface area contributed by atoms with Gasteiger partial charge in [-0.25, -0.2) is 0 Å². The summed E-state index contributed by atoms with van der Waals surface area (Å²) in [6.45, 7) is 4.76. The van der Waals surface area contributed by atoms with Crippen LogP contribution in [0.2, 0.25) is 0 Å². The third kappa shape index (κ3) is 3.35. The zero-order chi connectivity index (χ0) is 13.9. The van der Waals surface area contributed by atoms with Crippen molar-refractivity contribution in [3.8, 4) is 0 Å². The van der Waals surface area contributed by atoms with Crippen LogP contribution in [0, 0.1) is 13.8 Å². The molecule has 3 heteroatoms. The summed E-state index contributed by atoms with van der Waals surface area (Å²) in [5.74, 6) is -0.199. The molecule has 0 spiro atoms. The van der Waals surface area contributed by atoms with Crippen LogP contribution in [0.15, 0.2) is 18.2 Å². The molecule has 0 aromatic heterocycles. The van der Waals surface area contributed by atoms with E-state index in [1.807, 2.05) is 0 Å². The summed E-state index contributed by atoms with van der Waals surface area (Å²) in [7, 11) is 0. The molecule has 0 unspecified atom stereocenters. The summed E-state index contributed by atoms with van der Waals surface area (Å²) >= 11 is 0. The highest BCUT2D eigenvalue weighted by atomic mass is 16.3. The molecular weight excluding hydrogens is 238 g/mol. The third-order valence-electron chi connectivity index (χ3n) is 4.03. The lowest BCUT2D eigenvalue weighted by Crippen LogP contribution is -2.45. The Kier molecular flexibility index (Phi) is 4.25. The molecule has 2 N–H and O–H groups in total.